The van der Waals surface area contributed by atoms with E-state index < -0.39 is 9.84 Å². The molecule has 1 aromatic heterocycles. The summed E-state index contributed by atoms with van der Waals surface area (Å²) in [5.74, 6) is 0.498. The van der Waals surface area contributed by atoms with Crippen LogP contribution >= 0.6 is 15.9 Å². The molecule has 1 aliphatic rings. The summed E-state index contributed by atoms with van der Waals surface area (Å²) >= 11 is 3.47. The zero-order valence-corrected chi connectivity index (χ0v) is 15.0. The van der Waals surface area contributed by atoms with Gasteiger partial charge < -0.3 is 9.64 Å². The molecule has 3 rings (SSSR count). The largest absolute Gasteiger partial charge is 0.370 e. The van der Waals surface area contributed by atoms with Gasteiger partial charge in [-0.15, -0.1) is 0 Å². The Morgan fingerprint density at radius 1 is 1.30 bits per heavy atom. The summed E-state index contributed by atoms with van der Waals surface area (Å²) in [6.07, 6.45) is 2.71. The number of hydrogen-bond donors (Lipinski definition) is 0. The monoisotopic (exact) mass is 396 g/mol. The van der Waals surface area contributed by atoms with Crippen molar-refractivity contribution in [3.63, 3.8) is 0 Å². The summed E-state index contributed by atoms with van der Waals surface area (Å²) in [4.78, 5) is 6.53. The van der Waals surface area contributed by atoms with Gasteiger partial charge in [-0.3, -0.25) is 0 Å². The summed E-state index contributed by atoms with van der Waals surface area (Å²) in [5.41, 5.74) is 1.06. The van der Waals surface area contributed by atoms with Gasteiger partial charge in [0.25, 0.3) is 0 Å². The number of sulfone groups is 1. The Bertz CT molecular complexity index is 810. The Morgan fingerprint density at radius 3 is 2.87 bits per heavy atom. The summed E-state index contributed by atoms with van der Waals surface area (Å²) in [5, 5.41) is 0. The maximum Gasteiger partial charge on any atom is 0.179 e. The topological polar surface area (TPSA) is 59.5 Å². The van der Waals surface area contributed by atoms with Crippen molar-refractivity contribution in [3.8, 4) is 0 Å². The number of aromatic nitrogens is 1. The molecule has 0 bridgehead atoms. The van der Waals surface area contributed by atoms with Gasteiger partial charge >= 0.3 is 0 Å². The quantitative estimate of drug-likeness (QED) is 0.797. The van der Waals surface area contributed by atoms with Crippen LogP contribution in [-0.2, 0) is 14.6 Å². The van der Waals surface area contributed by atoms with E-state index in [9.17, 15) is 8.42 Å². The third kappa shape index (κ3) is 3.73. The Kier molecular flexibility index (Phi) is 4.70. The van der Waals surface area contributed by atoms with E-state index in [-0.39, 0.29) is 11.0 Å². The summed E-state index contributed by atoms with van der Waals surface area (Å²) in [6.45, 7) is 1.71. The highest BCUT2D eigenvalue weighted by molar-refractivity contribution is 9.10. The van der Waals surface area contributed by atoms with Crippen molar-refractivity contribution in [3.05, 3.63) is 52.6 Å². The molecule has 0 amide bonds. The van der Waals surface area contributed by atoms with E-state index in [0.717, 1.165) is 10.0 Å². The van der Waals surface area contributed by atoms with Crippen LogP contribution in [0.15, 0.2) is 52.0 Å². The van der Waals surface area contributed by atoms with Crippen molar-refractivity contribution in [1.29, 1.82) is 0 Å². The summed E-state index contributed by atoms with van der Waals surface area (Å²) < 4.78 is 30.8. The van der Waals surface area contributed by atoms with Crippen molar-refractivity contribution in [2.24, 2.45) is 0 Å². The molecule has 0 radical (unpaired) electrons. The normalized spacial score (nSPS) is 18.9. The van der Waals surface area contributed by atoms with Gasteiger partial charge in [0.1, 0.15) is 16.8 Å². The molecular weight excluding hydrogens is 380 g/mol. The van der Waals surface area contributed by atoms with Crippen LogP contribution in [0.3, 0.4) is 0 Å². The standard InChI is InChI=1S/C16H17BrN2O3S/c1-23(20,21)15-6-3-7-18-16(15)19-8-9-22-14(11-19)12-4-2-5-13(17)10-12/h2-7,10,14H,8-9,11H2,1H3. The molecule has 0 aliphatic carbocycles. The first kappa shape index (κ1) is 16.4. The predicted molar refractivity (Wildman–Crippen MR) is 92.4 cm³/mol. The molecule has 1 aliphatic heterocycles. The number of pyridine rings is 1. The van der Waals surface area contributed by atoms with Gasteiger partial charge in [0.15, 0.2) is 9.84 Å². The molecule has 5 nitrogen and oxygen atoms in total. The number of ether oxygens (including phenoxy) is 1. The van der Waals surface area contributed by atoms with Gasteiger partial charge in [-0.05, 0) is 29.8 Å². The molecule has 122 valence electrons. The first-order valence-corrected chi connectivity index (χ1v) is 9.90. The van der Waals surface area contributed by atoms with E-state index in [0.29, 0.717) is 25.5 Å². The number of benzene rings is 1. The Labute approximate surface area is 144 Å². The van der Waals surface area contributed by atoms with Crippen LogP contribution < -0.4 is 4.90 Å². The van der Waals surface area contributed by atoms with E-state index in [1.165, 1.54) is 6.26 Å². The van der Waals surface area contributed by atoms with Gasteiger partial charge in [-0.1, -0.05) is 28.1 Å². The summed E-state index contributed by atoms with van der Waals surface area (Å²) in [7, 11) is -3.32. The van der Waals surface area contributed by atoms with E-state index in [2.05, 4.69) is 20.9 Å². The Morgan fingerprint density at radius 2 is 2.13 bits per heavy atom. The number of rotatable bonds is 3. The van der Waals surface area contributed by atoms with Crippen molar-refractivity contribution in [2.45, 2.75) is 11.0 Å². The molecule has 1 fully saturated rings. The third-order valence-electron chi connectivity index (χ3n) is 3.74. The second-order valence-electron chi connectivity index (χ2n) is 5.46. The lowest BCUT2D eigenvalue weighted by Crippen LogP contribution is -2.39. The van der Waals surface area contributed by atoms with Crippen LogP contribution in [0, 0.1) is 0 Å². The molecule has 2 aromatic rings. The maximum atomic E-state index is 12.0. The first-order valence-electron chi connectivity index (χ1n) is 7.22. The zero-order chi connectivity index (χ0) is 16.4. The minimum Gasteiger partial charge on any atom is -0.370 e. The fraction of sp³-hybridized carbons (Fsp3) is 0.312. The summed E-state index contributed by atoms with van der Waals surface area (Å²) in [6, 6.07) is 11.2. The SMILES string of the molecule is CS(=O)(=O)c1cccnc1N1CCOC(c2cccc(Br)c2)C1. The van der Waals surface area contributed by atoms with Crippen LogP contribution in [0.2, 0.25) is 0 Å². The average molecular weight is 397 g/mol. The molecule has 0 N–H and O–H groups in total. The van der Waals surface area contributed by atoms with Crippen molar-refractivity contribution in [1.82, 2.24) is 4.98 Å². The lowest BCUT2D eigenvalue weighted by atomic mass is 10.1. The number of morpholine rings is 1. The predicted octanol–water partition coefficient (Wildman–Crippen LogP) is 2.83. The van der Waals surface area contributed by atoms with Crippen LogP contribution in [-0.4, -0.2) is 39.4 Å². The minimum atomic E-state index is -3.32. The molecule has 1 aromatic carbocycles. The third-order valence-corrected chi connectivity index (χ3v) is 5.35. The van der Waals surface area contributed by atoms with Crippen LogP contribution in [0.4, 0.5) is 5.82 Å². The van der Waals surface area contributed by atoms with Crippen molar-refractivity contribution in [2.75, 3.05) is 30.9 Å². The molecule has 7 heteroatoms. The lowest BCUT2D eigenvalue weighted by molar-refractivity contribution is 0.0393. The molecule has 1 unspecified atom stereocenters. The molecule has 0 saturated carbocycles. The lowest BCUT2D eigenvalue weighted by Gasteiger charge is -2.34. The Balaban J connectivity index is 1.91. The van der Waals surface area contributed by atoms with E-state index in [1.807, 2.05) is 29.2 Å². The highest BCUT2D eigenvalue weighted by Crippen LogP contribution is 2.29. The average Bonchev–Trinajstić information content (AvgIpc) is 2.54. The second-order valence-corrected chi connectivity index (χ2v) is 8.36. The zero-order valence-electron chi connectivity index (χ0n) is 12.6. The Hall–Kier alpha value is -1.44. The number of hydrogen-bond acceptors (Lipinski definition) is 5. The molecule has 1 saturated heterocycles. The minimum absolute atomic E-state index is 0.115. The van der Waals surface area contributed by atoms with Crippen LogP contribution in [0.5, 0.6) is 0 Å². The molecular formula is C16H17BrN2O3S. The first-order chi connectivity index (χ1) is 10.9. The van der Waals surface area contributed by atoms with Gasteiger partial charge in [-0.2, -0.15) is 0 Å². The van der Waals surface area contributed by atoms with Gasteiger partial charge in [0.2, 0.25) is 0 Å². The van der Waals surface area contributed by atoms with Crippen LogP contribution in [0.1, 0.15) is 11.7 Å². The van der Waals surface area contributed by atoms with Gasteiger partial charge in [0, 0.05) is 30.0 Å². The molecule has 23 heavy (non-hydrogen) atoms. The maximum absolute atomic E-state index is 12.0. The van der Waals surface area contributed by atoms with E-state index >= 15 is 0 Å². The highest BCUT2D eigenvalue weighted by Gasteiger charge is 2.26. The van der Waals surface area contributed by atoms with E-state index in [1.54, 1.807) is 18.3 Å². The highest BCUT2D eigenvalue weighted by atomic mass is 79.9. The number of anilines is 1. The van der Waals surface area contributed by atoms with Gasteiger partial charge in [-0.25, -0.2) is 13.4 Å². The second kappa shape index (κ2) is 6.59. The smallest absolute Gasteiger partial charge is 0.179 e. The van der Waals surface area contributed by atoms with E-state index in [4.69, 9.17) is 4.74 Å². The van der Waals surface area contributed by atoms with Crippen molar-refractivity contribution < 1.29 is 13.2 Å². The van der Waals surface area contributed by atoms with Crippen LogP contribution in [0.25, 0.3) is 0 Å². The number of nitrogens with zero attached hydrogens (tertiary/aromatic N) is 2. The van der Waals surface area contributed by atoms with Crippen molar-refractivity contribution >= 4 is 31.6 Å². The molecule has 1 atom stereocenters. The number of halogens is 1. The molecule has 0 spiro atoms. The molecule has 2 heterocycles. The fourth-order valence-corrected chi connectivity index (χ4v) is 3.92. The van der Waals surface area contributed by atoms with Gasteiger partial charge in [0.05, 0.1) is 6.61 Å². The fourth-order valence-electron chi connectivity index (χ4n) is 2.66.